The van der Waals surface area contributed by atoms with Crippen molar-refractivity contribution in [1.29, 1.82) is 5.26 Å². The van der Waals surface area contributed by atoms with Crippen LogP contribution in [0.2, 0.25) is 0 Å². The topological polar surface area (TPSA) is 92.9 Å². The van der Waals surface area contributed by atoms with Crippen LogP contribution in [0.5, 0.6) is 0 Å². The molecule has 31 heavy (non-hydrogen) atoms. The number of nitrogens with zero attached hydrogens (tertiary/aromatic N) is 2. The van der Waals surface area contributed by atoms with E-state index in [0.717, 1.165) is 44.1 Å². The van der Waals surface area contributed by atoms with Gasteiger partial charge in [0.05, 0.1) is 19.2 Å². The minimum atomic E-state index is -1.12. The summed E-state index contributed by atoms with van der Waals surface area (Å²) in [7, 11) is 0. The van der Waals surface area contributed by atoms with Gasteiger partial charge in [-0.3, -0.25) is 4.79 Å². The molecule has 1 aromatic rings. The molecule has 4 fully saturated rings. The molecular weight excluding hydrogens is 399 g/mol. The zero-order valence-electron chi connectivity index (χ0n) is 18.0. The van der Waals surface area contributed by atoms with E-state index >= 15 is 0 Å². The zero-order chi connectivity index (χ0) is 22.1. The second-order valence-electron chi connectivity index (χ2n) is 9.40. The molecule has 0 radical (unpaired) electrons. The van der Waals surface area contributed by atoms with Crippen molar-refractivity contribution in [2.24, 2.45) is 0 Å². The molecule has 0 spiro atoms. The summed E-state index contributed by atoms with van der Waals surface area (Å²) in [6, 6.07) is 11.1. The zero-order valence-corrected chi connectivity index (χ0v) is 18.0. The van der Waals surface area contributed by atoms with Gasteiger partial charge in [0.25, 0.3) is 0 Å². The molecule has 168 valence electrons. The van der Waals surface area contributed by atoms with Crippen LogP contribution in [0, 0.1) is 16.5 Å². The number of likely N-dealkylation sites (tertiary alicyclic amines) is 1. The van der Waals surface area contributed by atoms with Crippen LogP contribution in [0.15, 0.2) is 30.3 Å². The van der Waals surface area contributed by atoms with Gasteiger partial charge in [0.15, 0.2) is 0 Å². The highest BCUT2D eigenvalue weighted by atomic mass is 19.1. The SMILES string of the molecule is CC(O[NH+]([O-])C12CCC(NCC(=O)N3C[C@@H](F)CC3C#N)(CC1)CC2)c1ccccc1. The standard InChI is InChI=1S/C23H31FN4O3/c1-17(18-5-3-2-4-6-18)31-28(30)23-10-7-22(8-11-23,9-12-23)26-15-21(29)27-16-19(24)13-20(27)14-25/h2-6,17,19-20,26,28H,7-13,15-16H2,1H3/t17?,19-,20?,22?,23?/m0/s1. The minimum Gasteiger partial charge on any atom is -0.599 e. The Labute approximate surface area is 182 Å². The fourth-order valence-corrected chi connectivity index (χ4v) is 5.38. The van der Waals surface area contributed by atoms with Crippen LogP contribution in [-0.2, 0) is 9.63 Å². The molecule has 1 heterocycles. The quantitative estimate of drug-likeness (QED) is 0.645. The van der Waals surface area contributed by atoms with Crippen molar-refractivity contribution in [2.75, 3.05) is 13.1 Å². The first-order valence-corrected chi connectivity index (χ1v) is 11.2. The number of hydrogen-bond acceptors (Lipinski definition) is 5. The molecule has 4 atom stereocenters. The lowest BCUT2D eigenvalue weighted by Gasteiger charge is -2.55. The molecule has 3 aliphatic carbocycles. The highest BCUT2D eigenvalue weighted by Crippen LogP contribution is 2.45. The van der Waals surface area contributed by atoms with Crippen LogP contribution < -0.4 is 10.5 Å². The average Bonchev–Trinajstić information content (AvgIpc) is 3.20. The van der Waals surface area contributed by atoms with Crippen molar-refractivity contribution in [3.05, 3.63) is 41.1 Å². The Morgan fingerprint density at radius 2 is 1.97 bits per heavy atom. The van der Waals surface area contributed by atoms with Crippen molar-refractivity contribution in [3.63, 3.8) is 0 Å². The van der Waals surface area contributed by atoms with Gasteiger partial charge in [-0.15, -0.1) is 0 Å². The number of amides is 1. The Morgan fingerprint density at radius 1 is 1.32 bits per heavy atom. The first-order chi connectivity index (χ1) is 14.9. The molecule has 1 aliphatic heterocycles. The first kappa shape index (κ1) is 22.2. The Hall–Kier alpha value is -2.05. The lowest BCUT2D eigenvalue weighted by atomic mass is 9.61. The summed E-state index contributed by atoms with van der Waals surface area (Å²) >= 11 is 0. The number of fused-ring (bicyclic) bond motifs is 3. The van der Waals surface area contributed by atoms with Gasteiger partial charge in [0.2, 0.25) is 5.91 Å². The second-order valence-corrected chi connectivity index (χ2v) is 9.40. The molecule has 7 nitrogen and oxygen atoms in total. The Kier molecular flexibility index (Phi) is 6.31. The number of alkyl halides is 1. The number of halogens is 1. The molecule has 1 aromatic carbocycles. The van der Waals surface area contributed by atoms with Gasteiger partial charge >= 0.3 is 0 Å². The van der Waals surface area contributed by atoms with Crippen LogP contribution in [0.25, 0.3) is 0 Å². The number of benzene rings is 1. The highest BCUT2D eigenvalue weighted by Gasteiger charge is 2.53. The maximum Gasteiger partial charge on any atom is 0.237 e. The number of nitriles is 1. The molecule has 5 rings (SSSR count). The number of hydroxylamine groups is 2. The third kappa shape index (κ3) is 4.46. The normalized spacial score (nSPS) is 34.3. The lowest BCUT2D eigenvalue weighted by molar-refractivity contribution is -1.10. The van der Waals surface area contributed by atoms with Gasteiger partial charge in [-0.2, -0.15) is 10.1 Å². The summed E-state index contributed by atoms with van der Waals surface area (Å²) in [5.74, 6) is -0.223. The monoisotopic (exact) mass is 430 g/mol. The van der Waals surface area contributed by atoms with E-state index in [1.54, 1.807) is 0 Å². The van der Waals surface area contributed by atoms with Gasteiger partial charge in [-0.25, -0.2) is 9.62 Å². The van der Waals surface area contributed by atoms with E-state index < -0.39 is 17.8 Å². The summed E-state index contributed by atoms with van der Waals surface area (Å²) < 4.78 is 13.6. The molecule has 0 aromatic heterocycles. The third-order valence-electron chi connectivity index (χ3n) is 7.57. The van der Waals surface area contributed by atoms with Crippen LogP contribution in [-0.4, -0.2) is 47.2 Å². The molecule has 1 amide bonds. The summed E-state index contributed by atoms with van der Waals surface area (Å²) in [5, 5.41) is 25.5. The summed E-state index contributed by atoms with van der Waals surface area (Å²) in [6.07, 6.45) is 3.34. The molecule has 1 saturated heterocycles. The smallest absolute Gasteiger partial charge is 0.237 e. The molecule has 2 bridgehead atoms. The van der Waals surface area contributed by atoms with Crippen molar-refractivity contribution >= 4 is 5.91 Å². The van der Waals surface area contributed by atoms with E-state index in [-0.39, 0.29) is 42.3 Å². The third-order valence-corrected chi connectivity index (χ3v) is 7.57. The summed E-state index contributed by atoms with van der Waals surface area (Å²) in [4.78, 5) is 19.8. The number of carbonyl (C=O) groups is 1. The fraction of sp³-hybridized carbons (Fsp3) is 0.652. The van der Waals surface area contributed by atoms with Crippen LogP contribution in [0.4, 0.5) is 4.39 Å². The number of hydrogen-bond donors (Lipinski definition) is 2. The highest BCUT2D eigenvalue weighted by molar-refractivity contribution is 5.79. The lowest BCUT2D eigenvalue weighted by Crippen LogP contribution is -3.16. The minimum absolute atomic E-state index is 0.000288. The molecule has 8 heteroatoms. The van der Waals surface area contributed by atoms with E-state index in [1.165, 1.54) is 4.90 Å². The number of carbonyl (C=O) groups excluding carboxylic acids is 1. The fourth-order valence-electron chi connectivity index (χ4n) is 5.38. The number of nitrogens with one attached hydrogen (secondary N) is 2. The number of quaternary nitrogens is 1. The van der Waals surface area contributed by atoms with E-state index in [0.29, 0.717) is 0 Å². The van der Waals surface area contributed by atoms with E-state index in [1.807, 2.05) is 43.3 Å². The largest absolute Gasteiger partial charge is 0.599 e. The Balaban J connectivity index is 1.30. The summed E-state index contributed by atoms with van der Waals surface area (Å²) in [5.41, 5.74) is 0.389. The van der Waals surface area contributed by atoms with E-state index in [2.05, 4.69) is 5.32 Å². The molecule has 4 aliphatic rings. The maximum absolute atomic E-state index is 13.6. The molecular formula is C23H31FN4O3. The first-order valence-electron chi connectivity index (χ1n) is 11.2. The van der Waals surface area contributed by atoms with Crippen molar-refractivity contribution in [1.82, 2.24) is 10.2 Å². The summed E-state index contributed by atoms with van der Waals surface area (Å²) in [6.45, 7) is 2.01. The maximum atomic E-state index is 13.6. The molecule has 3 unspecified atom stereocenters. The Bertz CT molecular complexity index is 805. The predicted molar refractivity (Wildman–Crippen MR) is 112 cm³/mol. The second kappa shape index (κ2) is 8.83. The van der Waals surface area contributed by atoms with Crippen molar-refractivity contribution in [3.8, 4) is 6.07 Å². The van der Waals surface area contributed by atoms with Crippen molar-refractivity contribution < 1.29 is 19.2 Å². The van der Waals surface area contributed by atoms with Gasteiger partial charge < -0.3 is 15.4 Å². The Morgan fingerprint density at radius 3 is 2.58 bits per heavy atom. The molecule has 3 saturated carbocycles. The van der Waals surface area contributed by atoms with E-state index in [4.69, 9.17) is 10.1 Å². The van der Waals surface area contributed by atoms with Crippen LogP contribution >= 0.6 is 0 Å². The van der Waals surface area contributed by atoms with Crippen molar-refractivity contribution in [2.45, 2.75) is 81.3 Å². The molecule has 2 N–H and O–H groups in total. The predicted octanol–water partition coefficient (Wildman–Crippen LogP) is 1.96. The van der Waals surface area contributed by atoms with Gasteiger partial charge in [-0.1, -0.05) is 30.3 Å². The van der Waals surface area contributed by atoms with E-state index in [9.17, 15) is 14.4 Å². The number of rotatable bonds is 7. The van der Waals surface area contributed by atoms with Crippen LogP contribution in [0.1, 0.15) is 63.5 Å². The average molecular weight is 431 g/mol. The van der Waals surface area contributed by atoms with Gasteiger partial charge in [0, 0.05) is 31.2 Å². The van der Waals surface area contributed by atoms with Gasteiger partial charge in [0.1, 0.15) is 23.9 Å². The van der Waals surface area contributed by atoms with Crippen LogP contribution in [0.3, 0.4) is 0 Å². The van der Waals surface area contributed by atoms with Gasteiger partial charge in [-0.05, 0) is 31.7 Å².